The lowest BCUT2D eigenvalue weighted by atomic mass is 10.2. The minimum Gasteiger partial charge on any atom is -0.455 e. The molecule has 2 heterocycles. The van der Waals surface area contributed by atoms with Gasteiger partial charge in [-0.15, -0.1) is 0 Å². The van der Waals surface area contributed by atoms with Crippen LogP contribution >= 0.6 is 11.6 Å². The quantitative estimate of drug-likeness (QED) is 0.811. The van der Waals surface area contributed by atoms with E-state index < -0.39 is 5.82 Å². The topological polar surface area (TPSA) is 34.6 Å². The zero-order valence-electron chi connectivity index (χ0n) is 13.9. The van der Waals surface area contributed by atoms with Crippen molar-refractivity contribution < 1.29 is 13.9 Å². The Balaban J connectivity index is 1.82. The number of halogens is 2. The van der Waals surface area contributed by atoms with Gasteiger partial charge in [-0.05, 0) is 38.5 Å². The average molecular weight is 351 g/mol. The van der Waals surface area contributed by atoms with Gasteiger partial charge >= 0.3 is 0 Å². The van der Waals surface area contributed by atoms with Gasteiger partial charge in [0.25, 0.3) is 0 Å². The number of ether oxygens (including phenoxy) is 2. The van der Waals surface area contributed by atoms with Crippen LogP contribution in [0.25, 0.3) is 0 Å². The lowest BCUT2D eigenvalue weighted by Gasteiger charge is -2.36. The molecular weight excluding hydrogens is 331 g/mol. The van der Waals surface area contributed by atoms with E-state index in [1.54, 1.807) is 31.3 Å². The summed E-state index contributed by atoms with van der Waals surface area (Å²) in [5.74, 6) is 1.20. The van der Waals surface area contributed by atoms with Gasteiger partial charge in [0.2, 0.25) is 0 Å². The maximum absolute atomic E-state index is 13.9. The minimum absolute atomic E-state index is 0.0121. The summed E-state index contributed by atoms with van der Waals surface area (Å²) < 4.78 is 25.4. The Labute approximate surface area is 146 Å². The Hall–Kier alpha value is -1.85. The highest BCUT2D eigenvalue weighted by molar-refractivity contribution is 6.32. The second-order valence-electron chi connectivity index (χ2n) is 6.12. The molecule has 2 aromatic rings. The van der Waals surface area contributed by atoms with Crippen molar-refractivity contribution in [2.45, 2.75) is 33.0 Å². The third-order valence-corrected chi connectivity index (χ3v) is 4.28. The number of aromatic nitrogens is 1. The summed E-state index contributed by atoms with van der Waals surface area (Å²) in [6.45, 7) is 7.27. The molecule has 0 spiro atoms. The van der Waals surface area contributed by atoms with Crippen LogP contribution in [-0.2, 0) is 4.74 Å². The largest absolute Gasteiger partial charge is 0.455 e. The first-order valence-electron chi connectivity index (χ1n) is 7.93. The van der Waals surface area contributed by atoms with E-state index in [-0.39, 0.29) is 17.2 Å². The normalized spacial score (nSPS) is 21.0. The molecular formula is C18H20ClFN2O2. The molecule has 1 aliphatic rings. The molecule has 0 amide bonds. The van der Waals surface area contributed by atoms with Crippen molar-refractivity contribution in [3.63, 3.8) is 0 Å². The van der Waals surface area contributed by atoms with Gasteiger partial charge in [0.05, 0.1) is 12.2 Å². The van der Waals surface area contributed by atoms with Gasteiger partial charge in [-0.1, -0.05) is 17.7 Å². The lowest BCUT2D eigenvalue weighted by Crippen LogP contribution is -2.45. The van der Waals surface area contributed by atoms with E-state index in [2.05, 4.69) is 9.88 Å². The van der Waals surface area contributed by atoms with Crippen molar-refractivity contribution >= 4 is 17.4 Å². The molecule has 128 valence electrons. The number of morpholine rings is 1. The predicted molar refractivity (Wildman–Crippen MR) is 92.7 cm³/mol. The number of anilines is 1. The Morgan fingerprint density at radius 2 is 1.96 bits per heavy atom. The van der Waals surface area contributed by atoms with Gasteiger partial charge in [0, 0.05) is 25.4 Å². The van der Waals surface area contributed by atoms with Gasteiger partial charge in [-0.2, -0.15) is 0 Å². The standard InChI is InChI=1S/C18H20ClFN2O2/c1-11-4-5-15(17(19)18(11)20)24-14-6-7-21-16(8-14)22-9-12(2)23-13(3)10-22/h4-8,12-13H,9-10H2,1-3H3. The van der Waals surface area contributed by atoms with Crippen LogP contribution in [-0.4, -0.2) is 30.3 Å². The highest BCUT2D eigenvalue weighted by atomic mass is 35.5. The predicted octanol–water partition coefficient (Wildman–Crippen LogP) is 4.59. The molecule has 0 N–H and O–H groups in total. The molecule has 1 saturated heterocycles. The molecule has 2 unspecified atom stereocenters. The number of rotatable bonds is 3. The number of nitrogens with zero attached hydrogens (tertiary/aromatic N) is 2. The van der Waals surface area contributed by atoms with Crippen LogP contribution in [0.5, 0.6) is 11.5 Å². The molecule has 4 nitrogen and oxygen atoms in total. The van der Waals surface area contributed by atoms with Crippen molar-refractivity contribution in [1.82, 2.24) is 4.98 Å². The second-order valence-corrected chi connectivity index (χ2v) is 6.50. The van der Waals surface area contributed by atoms with Crippen molar-refractivity contribution in [2.24, 2.45) is 0 Å². The smallest absolute Gasteiger partial charge is 0.149 e. The fourth-order valence-electron chi connectivity index (χ4n) is 2.84. The van der Waals surface area contributed by atoms with Gasteiger partial charge in [-0.25, -0.2) is 9.37 Å². The molecule has 2 atom stereocenters. The molecule has 0 bridgehead atoms. The number of hydrogen-bond donors (Lipinski definition) is 0. The fourth-order valence-corrected chi connectivity index (χ4v) is 3.09. The van der Waals surface area contributed by atoms with E-state index in [0.717, 1.165) is 18.9 Å². The summed E-state index contributed by atoms with van der Waals surface area (Å²) in [6, 6.07) is 6.87. The van der Waals surface area contributed by atoms with Crippen LogP contribution in [0.4, 0.5) is 10.2 Å². The van der Waals surface area contributed by atoms with Crippen LogP contribution in [0.1, 0.15) is 19.4 Å². The number of aryl methyl sites for hydroxylation is 1. The van der Waals surface area contributed by atoms with Crippen molar-refractivity contribution in [3.8, 4) is 11.5 Å². The van der Waals surface area contributed by atoms with Crippen LogP contribution < -0.4 is 9.64 Å². The van der Waals surface area contributed by atoms with E-state index in [1.807, 2.05) is 19.9 Å². The molecule has 1 aliphatic heterocycles. The summed E-state index contributed by atoms with van der Waals surface area (Å²) in [5.41, 5.74) is 0.485. The first-order valence-corrected chi connectivity index (χ1v) is 8.30. The van der Waals surface area contributed by atoms with E-state index in [0.29, 0.717) is 17.1 Å². The maximum Gasteiger partial charge on any atom is 0.149 e. The SMILES string of the molecule is Cc1ccc(Oc2ccnc(N3CC(C)OC(C)C3)c2)c(Cl)c1F. The first-order chi connectivity index (χ1) is 11.4. The Kier molecular flexibility index (Phi) is 4.92. The Morgan fingerprint density at radius 1 is 1.25 bits per heavy atom. The number of hydrogen-bond acceptors (Lipinski definition) is 4. The molecule has 0 aliphatic carbocycles. The number of benzene rings is 1. The lowest BCUT2D eigenvalue weighted by molar-refractivity contribution is -0.00547. The number of pyridine rings is 1. The zero-order chi connectivity index (χ0) is 17.3. The summed E-state index contributed by atoms with van der Waals surface area (Å²) in [6.07, 6.45) is 1.95. The second kappa shape index (κ2) is 6.95. The van der Waals surface area contributed by atoms with Crippen LogP contribution in [0.15, 0.2) is 30.5 Å². The molecule has 6 heteroatoms. The first kappa shape index (κ1) is 17.0. The molecule has 1 fully saturated rings. The monoisotopic (exact) mass is 350 g/mol. The average Bonchev–Trinajstić information content (AvgIpc) is 2.55. The molecule has 24 heavy (non-hydrogen) atoms. The van der Waals surface area contributed by atoms with Gasteiger partial charge < -0.3 is 14.4 Å². The third kappa shape index (κ3) is 3.62. The van der Waals surface area contributed by atoms with E-state index in [4.69, 9.17) is 21.1 Å². The summed E-state index contributed by atoms with van der Waals surface area (Å²) in [7, 11) is 0. The third-order valence-electron chi connectivity index (χ3n) is 3.93. The van der Waals surface area contributed by atoms with Gasteiger partial charge in [0.15, 0.2) is 0 Å². The van der Waals surface area contributed by atoms with E-state index in [1.165, 1.54) is 0 Å². The molecule has 3 rings (SSSR count). The van der Waals surface area contributed by atoms with Crippen LogP contribution in [0.2, 0.25) is 5.02 Å². The highest BCUT2D eigenvalue weighted by Crippen LogP contribution is 2.33. The van der Waals surface area contributed by atoms with Crippen molar-refractivity contribution in [2.75, 3.05) is 18.0 Å². The summed E-state index contributed by atoms with van der Waals surface area (Å²) in [5, 5.41) is -0.0121. The van der Waals surface area contributed by atoms with Crippen LogP contribution in [0.3, 0.4) is 0 Å². The Bertz CT molecular complexity index is 731. The molecule has 0 saturated carbocycles. The van der Waals surface area contributed by atoms with Crippen molar-refractivity contribution in [1.29, 1.82) is 0 Å². The van der Waals surface area contributed by atoms with E-state index in [9.17, 15) is 4.39 Å². The molecule has 1 aromatic heterocycles. The van der Waals surface area contributed by atoms with Gasteiger partial charge in [0.1, 0.15) is 28.2 Å². The maximum atomic E-state index is 13.9. The summed E-state index contributed by atoms with van der Waals surface area (Å²) >= 11 is 6.03. The van der Waals surface area contributed by atoms with Gasteiger partial charge in [-0.3, -0.25) is 0 Å². The molecule has 1 aromatic carbocycles. The van der Waals surface area contributed by atoms with E-state index >= 15 is 0 Å². The highest BCUT2D eigenvalue weighted by Gasteiger charge is 2.23. The minimum atomic E-state index is -0.459. The van der Waals surface area contributed by atoms with Crippen LogP contribution in [0, 0.1) is 12.7 Å². The molecule has 0 radical (unpaired) electrons. The zero-order valence-corrected chi connectivity index (χ0v) is 14.7. The van der Waals surface area contributed by atoms with Crippen molar-refractivity contribution in [3.05, 3.63) is 46.9 Å². The summed E-state index contributed by atoms with van der Waals surface area (Å²) in [4.78, 5) is 6.57. The fraction of sp³-hybridized carbons (Fsp3) is 0.389. The Morgan fingerprint density at radius 3 is 2.67 bits per heavy atom.